The van der Waals surface area contributed by atoms with Crippen molar-refractivity contribution in [2.24, 2.45) is 11.3 Å². The molecular weight excluding hydrogens is 796 g/mol. The van der Waals surface area contributed by atoms with E-state index in [0.29, 0.717) is 56.8 Å². The summed E-state index contributed by atoms with van der Waals surface area (Å²) in [6, 6.07) is 14.4. The third-order valence-electron chi connectivity index (χ3n) is 14.2. The molecule has 1 atom stereocenters. The number of hydrogen-bond acceptors (Lipinski definition) is 11. The molecule has 13 heteroatoms. The number of pyridine rings is 1. The number of phenolic OH excluding ortho intramolecular Hbond substituents is 1. The first kappa shape index (κ1) is 41.2. The fourth-order valence-corrected chi connectivity index (χ4v) is 10.2. The van der Waals surface area contributed by atoms with Crippen LogP contribution >= 0.6 is 0 Å². The van der Waals surface area contributed by atoms with Crippen molar-refractivity contribution in [1.29, 1.82) is 0 Å². The van der Waals surface area contributed by atoms with E-state index in [1.165, 1.54) is 11.0 Å². The van der Waals surface area contributed by atoms with Crippen LogP contribution in [0.3, 0.4) is 0 Å². The maximum Gasteiger partial charge on any atom is 0.319 e. The number of benzene rings is 3. The predicted octanol–water partition coefficient (Wildman–Crippen LogP) is 7.36. The number of ether oxygens (including phenoxy) is 1. The van der Waals surface area contributed by atoms with Gasteiger partial charge >= 0.3 is 6.01 Å². The minimum Gasteiger partial charge on any atom is -0.508 e. The topological polar surface area (TPSA) is 118 Å². The van der Waals surface area contributed by atoms with E-state index < -0.39 is 5.82 Å². The van der Waals surface area contributed by atoms with Crippen molar-refractivity contribution >= 4 is 45.0 Å². The summed E-state index contributed by atoms with van der Waals surface area (Å²) < 4.78 is 23.2. The number of imide groups is 1. The van der Waals surface area contributed by atoms with Crippen LogP contribution in [0, 0.1) is 29.5 Å². The molecule has 0 bridgehead atoms. The van der Waals surface area contributed by atoms with E-state index in [1.54, 1.807) is 18.3 Å². The minimum atomic E-state index is -0.607. The summed E-state index contributed by atoms with van der Waals surface area (Å²) in [6.45, 7) is 14.1. The molecule has 5 aromatic rings. The van der Waals surface area contributed by atoms with E-state index in [9.17, 15) is 14.7 Å². The van der Waals surface area contributed by atoms with Crippen LogP contribution in [0.2, 0.25) is 0 Å². The van der Waals surface area contributed by atoms with Gasteiger partial charge in [-0.2, -0.15) is 9.97 Å². The van der Waals surface area contributed by atoms with Crippen LogP contribution in [0.15, 0.2) is 54.7 Å². The molecule has 326 valence electrons. The van der Waals surface area contributed by atoms with Gasteiger partial charge in [0.25, 0.3) is 11.8 Å². The zero-order valence-corrected chi connectivity index (χ0v) is 36.3. The summed E-state index contributed by atoms with van der Waals surface area (Å²) in [5, 5.41) is 12.5. The number of carbonyl (C=O) groups excluding carboxylic acids is 2. The van der Waals surface area contributed by atoms with Gasteiger partial charge in [-0.15, -0.1) is 6.42 Å². The highest BCUT2D eigenvalue weighted by molar-refractivity contribution is 6.22. The van der Waals surface area contributed by atoms with Gasteiger partial charge in [0.15, 0.2) is 5.82 Å². The SMILES string of the molecule is C#Cc1cccc2cc(O)cc(-c3ncc4c(N5CCC5)nc(OCC5(CN6CCN(CC7CCN(c8ccc9c(c8)C(=O)N(C(C)CCC)C9=O)CC7)CC6)CC5)nc4c3F)c12. The summed E-state index contributed by atoms with van der Waals surface area (Å²) in [5.74, 6) is 3.01. The van der Waals surface area contributed by atoms with E-state index in [-0.39, 0.29) is 46.2 Å². The average molecular weight is 851 g/mol. The Labute approximate surface area is 368 Å². The Hall–Kier alpha value is -5.84. The lowest BCUT2D eigenvalue weighted by Gasteiger charge is -2.40. The van der Waals surface area contributed by atoms with Gasteiger partial charge in [0.2, 0.25) is 0 Å². The second kappa shape index (κ2) is 16.7. The monoisotopic (exact) mass is 850 g/mol. The van der Waals surface area contributed by atoms with Gasteiger partial charge in [-0.05, 0) is 93.2 Å². The van der Waals surface area contributed by atoms with Crippen LogP contribution in [0.5, 0.6) is 11.8 Å². The summed E-state index contributed by atoms with van der Waals surface area (Å²) in [7, 11) is 0. The number of piperazine rings is 1. The van der Waals surface area contributed by atoms with Gasteiger partial charge in [0.1, 0.15) is 22.8 Å². The van der Waals surface area contributed by atoms with Crippen LogP contribution in [0.4, 0.5) is 15.9 Å². The van der Waals surface area contributed by atoms with Gasteiger partial charge in [-0.25, -0.2) is 4.39 Å². The first-order valence-corrected chi connectivity index (χ1v) is 22.8. The lowest BCUT2D eigenvalue weighted by molar-refractivity contribution is 0.0589. The normalized spacial score (nSPS) is 19.7. The number of halogens is 1. The van der Waals surface area contributed by atoms with Crippen LogP contribution in [0.1, 0.15) is 85.1 Å². The maximum atomic E-state index is 16.8. The zero-order chi connectivity index (χ0) is 43.4. The number of rotatable bonds is 13. The molecule has 5 aliphatic rings. The van der Waals surface area contributed by atoms with Crippen molar-refractivity contribution in [3.8, 4) is 35.4 Å². The van der Waals surface area contributed by atoms with E-state index in [1.807, 2.05) is 37.3 Å². The smallest absolute Gasteiger partial charge is 0.319 e. The van der Waals surface area contributed by atoms with E-state index in [4.69, 9.17) is 16.1 Å². The van der Waals surface area contributed by atoms with Crippen LogP contribution in [-0.2, 0) is 0 Å². The van der Waals surface area contributed by atoms with Gasteiger partial charge in [0, 0.05) is 105 Å². The zero-order valence-electron chi connectivity index (χ0n) is 36.3. The molecule has 1 N–H and O–H groups in total. The number of aromatic hydroxyl groups is 1. The molecule has 3 aromatic carbocycles. The van der Waals surface area contributed by atoms with Gasteiger partial charge in [-0.3, -0.25) is 19.5 Å². The molecule has 63 heavy (non-hydrogen) atoms. The van der Waals surface area contributed by atoms with Crippen LogP contribution in [0.25, 0.3) is 32.9 Å². The Balaban J connectivity index is 0.753. The molecule has 1 saturated carbocycles. The van der Waals surface area contributed by atoms with Gasteiger partial charge in [0.05, 0.1) is 23.1 Å². The molecule has 4 aliphatic heterocycles. The molecule has 10 rings (SSSR count). The van der Waals surface area contributed by atoms with Crippen molar-refractivity contribution in [1.82, 2.24) is 29.7 Å². The highest BCUT2D eigenvalue weighted by Crippen LogP contribution is 2.47. The van der Waals surface area contributed by atoms with Gasteiger partial charge < -0.3 is 29.4 Å². The average Bonchev–Trinajstić information content (AvgIpc) is 3.99. The quantitative estimate of drug-likeness (QED) is 0.0947. The van der Waals surface area contributed by atoms with Crippen molar-refractivity contribution in [3.63, 3.8) is 0 Å². The Morgan fingerprint density at radius 3 is 2.40 bits per heavy atom. The second-order valence-corrected chi connectivity index (χ2v) is 18.5. The van der Waals surface area contributed by atoms with Crippen molar-refractivity contribution in [2.75, 3.05) is 81.9 Å². The number of carbonyl (C=O) groups is 2. The molecule has 3 saturated heterocycles. The maximum absolute atomic E-state index is 16.8. The molecule has 6 heterocycles. The van der Waals surface area contributed by atoms with E-state index in [2.05, 4.69) is 42.4 Å². The number of phenols is 1. The minimum absolute atomic E-state index is 0.00812. The molecular formula is C50H55FN8O4. The second-order valence-electron chi connectivity index (χ2n) is 18.5. The third kappa shape index (κ3) is 7.82. The summed E-state index contributed by atoms with van der Waals surface area (Å²) >= 11 is 0. The summed E-state index contributed by atoms with van der Waals surface area (Å²) in [4.78, 5) is 51.5. The fraction of sp³-hybridized carbons (Fsp3) is 0.460. The Morgan fingerprint density at radius 1 is 0.921 bits per heavy atom. The van der Waals surface area contributed by atoms with Crippen molar-refractivity contribution in [2.45, 2.75) is 64.8 Å². The molecule has 0 radical (unpaired) electrons. The van der Waals surface area contributed by atoms with E-state index in [0.717, 1.165) is 116 Å². The lowest BCUT2D eigenvalue weighted by atomic mass is 9.95. The standard InChI is InChI=1S/C50H55FN8O4/c1-4-8-32(3)59-47(61)38-12-11-36(26-39(38)48(59)62)57-19-13-33(14-20-57)29-55-21-23-56(24-22-55)30-50(15-16-50)31-63-49-53-45-41(46(54-49)58-17-7-18-58)28-52-44(43(45)51)40-27-37(60)25-35-10-6-9-34(5-2)42(35)40/h2,6,9-12,25-28,32-33,60H,4,7-8,13-24,29-31H2,1,3H3. The number of aromatic nitrogens is 3. The summed E-state index contributed by atoms with van der Waals surface area (Å²) in [5.41, 5.74) is 3.30. The van der Waals surface area contributed by atoms with Crippen molar-refractivity contribution in [3.05, 3.63) is 77.2 Å². The number of amides is 2. The van der Waals surface area contributed by atoms with Crippen LogP contribution < -0.4 is 14.5 Å². The third-order valence-corrected chi connectivity index (χ3v) is 14.2. The Kier molecular flexibility index (Phi) is 10.9. The van der Waals surface area contributed by atoms with Crippen LogP contribution in [-0.4, -0.2) is 125 Å². The molecule has 1 aliphatic carbocycles. The largest absolute Gasteiger partial charge is 0.508 e. The molecule has 12 nitrogen and oxygen atoms in total. The molecule has 1 unspecified atom stereocenters. The first-order valence-electron chi connectivity index (χ1n) is 22.8. The highest BCUT2D eigenvalue weighted by atomic mass is 19.1. The number of piperidine rings is 1. The van der Waals surface area contributed by atoms with Crippen molar-refractivity contribution < 1.29 is 23.8 Å². The summed E-state index contributed by atoms with van der Waals surface area (Å²) in [6.07, 6.45) is 14.6. The molecule has 2 aromatic heterocycles. The molecule has 4 fully saturated rings. The fourth-order valence-electron chi connectivity index (χ4n) is 10.2. The highest BCUT2D eigenvalue weighted by Gasteiger charge is 2.46. The van der Waals surface area contributed by atoms with E-state index >= 15 is 4.39 Å². The predicted molar refractivity (Wildman–Crippen MR) is 243 cm³/mol. The van der Waals surface area contributed by atoms with Gasteiger partial charge in [-0.1, -0.05) is 31.4 Å². The molecule has 0 spiro atoms. The lowest BCUT2D eigenvalue weighted by Crippen LogP contribution is -2.50. The number of nitrogens with zero attached hydrogens (tertiary/aromatic N) is 8. The number of fused-ring (bicyclic) bond motifs is 3. The Bertz CT molecular complexity index is 2640. The Morgan fingerprint density at radius 2 is 1.68 bits per heavy atom. The molecule has 2 amide bonds. The number of terminal acetylenes is 1. The number of hydrogen-bond donors (Lipinski definition) is 1. The first-order chi connectivity index (χ1) is 30.6. The number of anilines is 2.